The molecule has 0 N–H and O–H groups in total. The van der Waals surface area contributed by atoms with Gasteiger partial charge < -0.3 is 9.32 Å². The zero-order valence-corrected chi connectivity index (χ0v) is 17.8. The van der Waals surface area contributed by atoms with Crippen LogP contribution in [0.2, 0.25) is 0 Å². The van der Waals surface area contributed by atoms with E-state index in [2.05, 4.69) is 24.8 Å². The molecule has 9 heteroatoms. The van der Waals surface area contributed by atoms with Crippen LogP contribution in [0.5, 0.6) is 0 Å². The highest BCUT2D eigenvalue weighted by Crippen LogP contribution is 2.32. The number of amides is 1. The van der Waals surface area contributed by atoms with Crippen LogP contribution in [-0.2, 0) is 0 Å². The highest BCUT2D eigenvalue weighted by atomic mass is 32.1. The van der Waals surface area contributed by atoms with Gasteiger partial charge in [-0.1, -0.05) is 31.3 Å². The van der Waals surface area contributed by atoms with Crippen LogP contribution in [0.4, 0.5) is 11.0 Å². The Balaban J connectivity index is 1.99. The van der Waals surface area contributed by atoms with E-state index < -0.39 is 16.7 Å². The maximum atomic E-state index is 13.2. The zero-order valence-electron chi connectivity index (χ0n) is 17.0. The smallest absolute Gasteiger partial charge is 0.395 e. The molecule has 8 nitrogen and oxygen atoms in total. The molecule has 0 aliphatic carbocycles. The quantitative estimate of drug-likeness (QED) is 0.399. The largest absolute Gasteiger partial charge is 0.433 e. The number of carbonyl (C=O) groups is 1. The maximum Gasteiger partial charge on any atom is 0.433 e. The topological polar surface area (TPSA) is 92.7 Å². The van der Waals surface area contributed by atoms with Crippen molar-refractivity contribution in [3.8, 4) is 0 Å². The van der Waals surface area contributed by atoms with Crippen LogP contribution in [0.1, 0.15) is 35.5 Å². The Bertz CT molecular complexity index is 1040. The number of thiazole rings is 1. The van der Waals surface area contributed by atoms with Crippen molar-refractivity contribution in [3.05, 3.63) is 51.3 Å². The molecule has 0 radical (unpaired) electrons. The van der Waals surface area contributed by atoms with Gasteiger partial charge in [0.15, 0.2) is 10.9 Å². The average molecular weight is 417 g/mol. The van der Waals surface area contributed by atoms with E-state index in [1.54, 1.807) is 4.90 Å². The van der Waals surface area contributed by atoms with Gasteiger partial charge in [-0.15, -0.1) is 0 Å². The second-order valence-corrected chi connectivity index (χ2v) is 7.81. The molecule has 0 aliphatic heterocycles. The van der Waals surface area contributed by atoms with Crippen LogP contribution < -0.4 is 4.90 Å². The summed E-state index contributed by atoms with van der Waals surface area (Å²) >= 11 is 1.44. The first-order chi connectivity index (χ1) is 13.8. The zero-order chi connectivity index (χ0) is 21.1. The van der Waals surface area contributed by atoms with Crippen molar-refractivity contribution >= 4 is 38.5 Å². The third-order valence-electron chi connectivity index (χ3n) is 4.81. The third-order valence-corrected chi connectivity index (χ3v) is 5.84. The van der Waals surface area contributed by atoms with Crippen LogP contribution in [0.3, 0.4) is 0 Å². The molecule has 0 fully saturated rings. The molecule has 0 saturated carbocycles. The predicted molar refractivity (Wildman–Crippen MR) is 114 cm³/mol. The molecule has 0 aliphatic rings. The lowest BCUT2D eigenvalue weighted by Crippen LogP contribution is -2.38. The summed E-state index contributed by atoms with van der Waals surface area (Å²) < 4.78 is 6.16. The molecule has 2 heterocycles. The summed E-state index contributed by atoms with van der Waals surface area (Å²) in [5, 5.41) is 11.5. The van der Waals surface area contributed by atoms with E-state index in [0.717, 1.165) is 34.4 Å². The van der Waals surface area contributed by atoms with E-state index in [1.807, 2.05) is 19.9 Å². The van der Waals surface area contributed by atoms with Crippen molar-refractivity contribution in [1.82, 2.24) is 9.88 Å². The normalized spacial score (nSPS) is 11.3. The highest BCUT2D eigenvalue weighted by Gasteiger charge is 2.26. The van der Waals surface area contributed by atoms with Gasteiger partial charge in [-0.25, -0.2) is 4.98 Å². The Kier molecular flexibility index (Phi) is 6.29. The van der Waals surface area contributed by atoms with Crippen molar-refractivity contribution in [2.75, 3.05) is 31.1 Å². The lowest BCUT2D eigenvalue weighted by molar-refractivity contribution is -0.402. The molecular formula is C20H24N4O4S. The number of nitro groups is 1. The fraction of sp³-hybridized carbons (Fsp3) is 0.400. The number of rotatable bonds is 8. The maximum absolute atomic E-state index is 13.2. The van der Waals surface area contributed by atoms with Gasteiger partial charge in [0.2, 0.25) is 0 Å². The molecule has 154 valence electrons. The number of carbonyl (C=O) groups excluding carboxylic acids is 1. The molecule has 3 rings (SSSR count). The molecule has 2 aromatic heterocycles. The van der Waals surface area contributed by atoms with Crippen LogP contribution in [-0.4, -0.2) is 46.9 Å². The van der Waals surface area contributed by atoms with Gasteiger partial charge in [0.25, 0.3) is 5.91 Å². The standard InChI is InChI=1S/C20H24N4O4S/c1-5-22(6-2)9-10-23(19(25)15-7-8-17(28-15)24(26)27)20-21-18-14(4)11-13(3)12-16(18)29-20/h7-8,11-12H,5-6,9-10H2,1-4H3. The third kappa shape index (κ3) is 4.46. The van der Waals surface area contributed by atoms with Crippen molar-refractivity contribution in [2.45, 2.75) is 27.7 Å². The minimum atomic E-state index is -0.652. The Labute approximate surface area is 172 Å². The summed E-state index contributed by atoms with van der Waals surface area (Å²) in [5.74, 6) is -0.949. The van der Waals surface area contributed by atoms with Gasteiger partial charge in [0, 0.05) is 13.1 Å². The Morgan fingerprint density at radius 2 is 1.93 bits per heavy atom. The number of likely N-dealkylation sites (N-methyl/N-ethyl adjacent to an activating group) is 1. The van der Waals surface area contributed by atoms with E-state index >= 15 is 0 Å². The summed E-state index contributed by atoms with van der Waals surface area (Å²) in [6.07, 6.45) is 0. The predicted octanol–water partition coefficient (Wildman–Crippen LogP) is 4.40. The first kappa shape index (κ1) is 20.9. The average Bonchev–Trinajstić information content (AvgIpc) is 3.32. The Morgan fingerprint density at radius 3 is 2.55 bits per heavy atom. The van der Waals surface area contributed by atoms with Crippen molar-refractivity contribution in [3.63, 3.8) is 0 Å². The number of aryl methyl sites for hydroxylation is 2. The number of fused-ring (bicyclic) bond motifs is 1. The lowest BCUT2D eigenvalue weighted by atomic mass is 10.1. The molecule has 29 heavy (non-hydrogen) atoms. The van der Waals surface area contributed by atoms with Crippen molar-refractivity contribution in [1.29, 1.82) is 0 Å². The van der Waals surface area contributed by atoms with Gasteiger partial charge in [-0.2, -0.15) is 0 Å². The van der Waals surface area contributed by atoms with Crippen LogP contribution in [0, 0.1) is 24.0 Å². The lowest BCUT2D eigenvalue weighted by Gasteiger charge is -2.24. The van der Waals surface area contributed by atoms with E-state index in [-0.39, 0.29) is 5.76 Å². The molecule has 0 spiro atoms. The molecular weight excluding hydrogens is 392 g/mol. The molecule has 1 aromatic carbocycles. The summed E-state index contributed by atoms with van der Waals surface area (Å²) in [7, 11) is 0. The van der Waals surface area contributed by atoms with Gasteiger partial charge in [0.1, 0.15) is 4.92 Å². The monoisotopic (exact) mass is 416 g/mol. The Morgan fingerprint density at radius 1 is 1.21 bits per heavy atom. The van der Waals surface area contributed by atoms with Crippen molar-refractivity contribution in [2.24, 2.45) is 0 Å². The number of hydrogen-bond acceptors (Lipinski definition) is 7. The van der Waals surface area contributed by atoms with E-state index in [4.69, 9.17) is 9.40 Å². The summed E-state index contributed by atoms with van der Waals surface area (Å²) in [4.78, 5) is 31.9. The van der Waals surface area contributed by atoms with Crippen LogP contribution in [0.15, 0.2) is 28.7 Å². The van der Waals surface area contributed by atoms with Gasteiger partial charge >= 0.3 is 5.88 Å². The first-order valence-electron chi connectivity index (χ1n) is 9.50. The highest BCUT2D eigenvalue weighted by molar-refractivity contribution is 7.22. The molecule has 0 saturated heterocycles. The molecule has 0 unspecified atom stereocenters. The summed E-state index contributed by atoms with van der Waals surface area (Å²) in [6, 6.07) is 6.65. The fourth-order valence-electron chi connectivity index (χ4n) is 3.21. The second-order valence-electron chi connectivity index (χ2n) is 6.80. The van der Waals surface area contributed by atoms with Gasteiger partial charge in [0.05, 0.1) is 16.3 Å². The molecule has 0 bridgehead atoms. The minimum Gasteiger partial charge on any atom is -0.395 e. The minimum absolute atomic E-state index is 0.0663. The first-order valence-corrected chi connectivity index (χ1v) is 10.3. The number of anilines is 1. The number of furan rings is 1. The number of nitrogens with zero attached hydrogens (tertiary/aromatic N) is 4. The summed E-state index contributed by atoms with van der Waals surface area (Å²) in [5.41, 5.74) is 3.04. The number of aromatic nitrogens is 1. The SMILES string of the molecule is CCN(CC)CCN(C(=O)c1ccc([N+](=O)[O-])o1)c1nc2c(C)cc(C)cc2s1. The fourth-order valence-corrected chi connectivity index (χ4v) is 4.38. The van der Waals surface area contributed by atoms with Gasteiger partial charge in [-0.3, -0.25) is 19.8 Å². The van der Waals surface area contributed by atoms with Gasteiger partial charge in [-0.05, 0) is 50.2 Å². The molecule has 1 amide bonds. The van der Waals surface area contributed by atoms with E-state index in [0.29, 0.717) is 18.2 Å². The second kappa shape index (κ2) is 8.71. The van der Waals surface area contributed by atoms with Crippen LogP contribution in [0.25, 0.3) is 10.2 Å². The number of hydrogen-bond donors (Lipinski definition) is 0. The van der Waals surface area contributed by atoms with Crippen molar-refractivity contribution < 1.29 is 14.1 Å². The molecule has 0 atom stereocenters. The molecule has 3 aromatic rings. The Hall–Kier alpha value is -2.78. The van der Waals surface area contributed by atoms with E-state index in [1.165, 1.54) is 23.5 Å². The van der Waals surface area contributed by atoms with E-state index in [9.17, 15) is 14.9 Å². The summed E-state index contributed by atoms with van der Waals surface area (Å²) in [6.45, 7) is 11.0. The number of benzene rings is 1. The van der Waals surface area contributed by atoms with Crippen LogP contribution >= 0.6 is 11.3 Å².